The van der Waals surface area contributed by atoms with Crippen LogP contribution in [0.3, 0.4) is 0 Å². The summed E-state index contributed by atoms with van der Waals surface area (Å²) in [7, 11) is 1.76. The molecule has 3 aromatic rings. The van der Waals surface area contributed by atoms with E-state index in [1.165, 1.54) is 0 Å². The van der Waals surface area contributed by atoms with Crippen molar-refractivity contribution in [2.24, 2.45) is 0 Å². The van der Waals surface area contributed by atoms with Crippen molar-refractivity contribution < 1.29 is 28.6 Å². The van der Waals surface area contributed by atoms with Gasteiger partial charge in [-0.25, -0.2) is 4.79 Å². The third kappa shape index (κ3) is 6.07. The van der Waals surface area contributed by atoms with Gasteiger partial charge in [-0.05, 0) is 60.1 Å². The Hall–Kier alpha value is -4.21. The van der Waals surface area contributed by atoms with Crippen LogP contribution in [0.2, 0.25) is 0 Å². The Balaban J connectivity index is 1.16. The number of carbonyl (C=O) groups is 3. The van der Waals surface area contributed by atoms with Crippen molar-refractivity contribution in [1.82, 2.24) is 4.90 Å². The minimum absolute atomic E-state index is 0.0720. The fraction of sp³-hybridized carbons (Fsp3) is 0.400. The van der Waals surface area contributed by atoms with Crippen LogP contribution in [0, 0.1) is 0 Å². The Labute approximate surface area is 258 Å². The smallest absolute Gasteiger partial charge is 0.411 e. The van der Waals surface area contributed by atoms with Crippen LogP contribution in [0.25, 0.3) is 11.1 Å². The first-order chi connectivity index (χ1) is 21.5. The first-order valence-electron chi connectivity index (χ1n) is 15.5. The van der Waals surface area contributed by atoms with Gasteiger partial charge in [0.1, 0.15) is 6.61 Å². The van der Waals surface area contributed by atoms with E-state index in [4.69, 9.17) is 14.2 Å². The number of amides is 2. The zero-order chi connectivity index (χ0) is 30.6. The van der Waals surface area contributed by atoms with Gasteiger partial charge in [-0.1, -0.05) is 61.5 Å². The van der Waals surface area contributed by atoms with Crippen LogP contribution in [-0.2, 0) is 19.1 Å². The average molecular weight is 598 g/mol. The van der Waals surface area contributed by atoms with E-state index >= 15 is 0 Å². The molecule has 230 valence electrons. The quantitative estimate of drug-likeness (QED) is 0.252. The number of anilines is 2. The van der Waals surface area contributed by atoms with Crippen molar-refractivity contribution in [3.05, 3.63) is 77.9 Å². The Morgan fingerprint density at radius 1 is 0.886 bits per heavy atom. The van der Waals surface area contributed by atoms with Crippen LogP contribution in [0.1, 0.15) is 56.1 Å². The maximum atomic E-state index is 13.5. The maximum absolute atomic E-state index is 13.5. The molecule has 0 radical (unpaired) electrons. The van der Waals surface area contributed by atoms with E-state index in [2.05, 4.69) is 34.5 Å². The molecule has 0 spiro atoms. The van der Waals surface area contributed by atoms with Crippen molar-refractivity contribution in [2.45, 2.75) is 57.1 Å². The van der Waals surface area contributed by atoms with Gasteiger partial charge in [0.05, 0.1) is 24.0 Å². The number of piperazine rings is 1. The summed E-state index contributed by atoms with van der Waals surface area (Å²) in [6.07, 6.45) is 3.78. The monoisotopic (exact) mass is 597 g/mol. The van der Waals surface area contributed by atoms with Crippen LogP contribution in [0.15, 0.2) is 66.7 Å². The lowest BCUT2D eigenvalue weighted by Crippen LogP contribution is -2.54. The lowest BCUT2D eigenvalue weighted by Gasteiger charge is -2.41. The molecule has 3 aromatic carbocycles. The highest BCUT2D eigenvalue weighted by Gasteiger charge is 2.34. The van der Waals surface area contributed by atoms with E-state index in [0.717, 1.165) is 47.9 Å². The van der Waals surface area contributed by atoms with Gasteiger partial charge in [0.15, 0.2) is 5.75 Å². The van der Waals surface area contributed by atoms with Crippen molar-refractivity contribution in [1.29, 1.82) is 0 Å². The molecule has 9 heteroatoms. The van der Waals surface area contributed by atoms with E-state index in [9.17, 15) is 14.4 Å². The summed E-state index contributed by atoms with van der Waals surface area (Å²) in [5, 5.41) is 2.78. The number of hydrogen-bond acceptors (Lipinski definition) is 7. The number of methoxy groups -OCH3 is 1. The van der Waals surface area contributed by atoms with Crippen LogP contribution < -0.4 is 15.0 Å². The van der Waals surface area contributed by atoms with Crippen LogP contribution in [0.4, 0.5) is 16.2 Å². The van der Waals surface area contributed by atoms with Crippen molar-refractivity contribution >= 4 is 29.3 Å². The van der Waals surface area contributed by atoms with E-state index in [0.29, 0.717) is 30.9 Å². The summed E-state index contributed by atoms with van der Waals surface area (Å²) >= 11 is 0. The molecule has 2 amide bonds. The number of carbonyl (C=O) groups excluding carboxylic acids is 3. The summed E-state index contributed by atoms with van der Waals surface area (Å²) in [5.74, 6) is -0.475. The minimum Gasteiger partial charge on any atom is -0.448 e. The van der Waals surface area contributed by atoms with Crippen LogP contribution in [-0.4, -0.2) is 68.4 Å². The fourth-order valence-corrected chi connectivity index (χ4v) is 6.78. The third-order valence-corrected chi connectivity index (χ3v) is 9.11. The molecule has 1 N–H and O–H groups in total. The Kier molecular flexibility index (Phi) is 8.95. The molecule has 44 heavy (non-hydrogen) atoms. The second-order valence-corrected chi connectivity index (χ2v) is 11.6. The standard InChI is InChI=1S/C35H39N3O6/c1-3-33(40)44-34-30(36-35(41)43-22-29-27-11-6-4-9-25(27)26-10-5-7-12-28(26)29)13-8-14-31(34)38-20-19-37(21-32(38)39)23-15-17-24(42-2)18-16-23/h4-14,23-24,29H,3,15-22H2,1-2H3,(H,36,41). The van der Waals surface area contributed by atoms with Gasteiger partial charge in [-0.15, -0.1) is 0 Å². The number of ether oxygens (including phenoxy) is 3. The predicted molar refractivity (Wildman–Crippen MR) is 168 cm³/mol. The molecule has 6 rings (SSSR count). The zero-order valence-electron chi connectivity index (χ0n) is 25.3. The minimum atomic E-state index is -0.666. The average Bonchev–Trinajstić information content (AvgIpc) is 3.38. The van der Waals surface area contributed by atoms with E-state index < -0.39 is 12.1 Å². The van der Waals surface area contributed by atoms with Gasteiger partial charge in [0.25, 0.3) is 0 Å². The number of fused-ring (bicyclic) bond motifs is 3. The van der Waals surface area contributed by atoms with Crippen molar-refractivity contribution in [2.75, 3.05) is 43.6 Å². The Bertz CT molecular complexity index is 1490. The van der Waals surface area contributed by atoms with Gasteiger partial charge in [-0.3, -0.25) is 19.8 Å². The lowest BCUT2D eigenvalue weighted by molar-refractivity contribution is -0.134. The summed E-state index contributed by atoms with van der Waals surface area (Å²) in [6.45, 7) is 3.29. The second-order valence-electron chi connectivity index (χ2n) is 11.6. The molecular weight excluding hydrogens is 558 g/mol. The van der Waals surface area contributed by atoms with Gasteiger partial charge in [-0.2, -0.15) is 0 Å². The van der Waals surface area contributed by atoms with Gasteiger partial charge >= 0.3 is 12.1 Å². The largest absolute Gasteiger partial charge is 0.448 e. The lowest BCUT2D eigenvalue weighted by atomic mass is 9.91. The highest BCUT2D eigenvalue weighted by molar-refractivity contribution is 6.00. The third-order valence-electron chi connectivity index (χ3n) is 9.11. The Morgan fingerprint density at radius 3 is 2.20 bits per heavy atom. The highest BCUT2D eigenvalue weighted by Crippen LogP contribution is 2.44. The SMILES string of the molecule is CCC(=O)Oc1c(NC(=O)OCC2c3ccccc3-c3ccccc32)cccc1N1CCN(C2CCC(OC)CC2)CC1=O. The predicted octanol–water partition coefficient (Wildman–Crippen LogP) is 5.97. The molecule has 9 nitrogen and oxygen atoms in total. The first kappa shape index (κ1) is 29.8. The van der Waals surface area contributed by atoms with Crippen LogP contribution in [0.5, 0.6) is 5.75 Å². The molecule has 2 aliphatic carbocycles. The molecule has 3 aliphatic rings. The number of esters is 1. The Morgan fingerprint density at radius 2 is 1.57 bits per heavy atom. The molecule has 0 bridgehead atoms. The molecule has 1 heterocycles. The van der Waals surface area contributed by atoms with E-state index in [1.807, 2.05) is 24.3 Å². The number of para-hydroxylation sites is 1. The maximum Gasteiger partial charge on any atom is 0.411 e. The van der Waals surface area contributed by atoms with Crippen molar-refractivity contribution in [3.8, 4) is 16.9 Å². The molecular formula is C35H39N3O6. The molecule has 1 aliphatic heterocycles. The summed E-state index contributed by atoms with van der Waals surface area (Å²) in [5.41, 5.74) is 5.25. The zero-order valence-corrected chi connectivity index (χ0v) is 25.3. The molecule has 0 aromatic heterocycles. The number of hydrogen-bond donors (Lipinski definition) is 1. The molecule has 2 fully saturated rings. The number of benzene rings is 3. The fourth-order valence-electron chi connectivity index (χ4n) is 6.78. The molecule has 1 saturated carbocycles. The van der Waals surface area contributed by atoms with Gasteiger partial charge in [0.2, 0.25) is 5.91 Å². The summed E-state index contributed by atoms with van der Waals surface area (Å²) in [4.78, 5) is 43.0. The van der Waals surface area contributed by atoms with E-state index in [-0.39, 0.29) is 42.8 Å². The number of nitrogens with zero attached hydrogens (tertiary/aromatic N) is 2. The van der Waals surface area contributed by atoms with Crippen molar-refractivity contribution in [3.63, 3.8) is 0 Å². The molecule has 1 saturated heterocycles. The number of nitrogens with one attached hydrogen (secondary N) is 1. The highest BCUT2D eigenvalue weighted by atomic mass is 16.6. The van der Waals surface area contributed by atoms with Gasteiger partial charge in [0, 0.05) is 38.6 Å². The normalized spacial score (nSPS) is 20.1. The summed E-state index contributed by atoms with van der Waals surface area (Å²) in [6, 6.07) is 21.8. The second kappa shape index (κ2) is 13.2. The molecule has 0 unspecified atom stereocenters. The molecule has 0 atom stereocenters. The van der Waals surface area contributed by atoms with E-state index in [1.54, 1.807) is 37.1 Å². The number of rotatable bonds is 8. The van der Waals surface area contributed by atoms with Crippen LogP contribution >= 0.6 is 0 Å². The van der Waals surface area contributed by atoms with Gasteiger partial charge < -0.3 is 19.1 Å². The summed E-state index contributed by atoms with van der Waals surface area (Å²) < 4.78 is 17.0. The first-order valence-corrected chi connectivity index (χ1v) is 15.5. The topological polar surface area (TPSA) is 97.4 Å².